The number of carbonyl (C=O) groups excluding carboxylic acids is 1. The van der Waals surface area contributed by atoms with E-state index in [-0.39, 0.29) is 5.41 Å². The normalized spacial score (nSPS) is 53.8. The lowest BCUT2D eigenvalue weighted by Crippen LogP contribution is -2.55. The molecule has 1 unspecified atom stereocenters. The van der Waals surface area contributed by atoms with Gasteiger partial charge < -0.3 is 5.32 Å². The maximum atomic E-state index is 12.7. The molecule has 0 bridgehead atoms. The third-order valence-corrected chi connectivity index (χ3v) is 10.5. The fraction of sp³-hybridized carbons (Fsp3) is 0.885. The van der Waals surface area contributed by atoms with Crippen molar-refractivity contribution in [3.05, 3.63) is 12.2 Å². The Morgan fingerprint density at radius 1 is 0.929 bits per heavy atom. The molecule has 1 aliphatic heterocycles. The summed E-state index contributed by atoms with van der Waals surface area (Å²) >= 11 is 0. The first-order chi connectivity index (χ1) is 13.4. The summed E-state index contributed by atoms with van der Waals surface area (Å²) in [6.45, 7) is 9.91. The van der Waals surface area contributed by atoms with Gasteiger partial charge in [0.1, 0.15) is 5.78 Å². The smallest absolute Gasteiger partial charge is 0.139 e. The van der Waals surface area contributed by atoms with Crippen molar-refractivity contribution >= 4 is 5.78 Å². The van der Waals surface area contributed by atoms with Gasteiger partial charge in [-0.05, 0) is 105 Å². The van der Waals surface area contributed by atoms with Gasteiger partial charge in [0.25, 0.3) is 0 Å². The molecule has 4 saturated carbocycles. The van der Waals surface area contributed by atoms with Crippen molar-refractivity contribution in [2.75, 3.05) is 13.1 Å². The summed E-state index contributed by atoms with van der Waals surface area (Å²) in [6, 6.07) is 0. The van der Waals surface area contributed by atoms with E-state index in [9.17, 15) is 4.79 Å². The molecule has 1 N–H and O–H groups in total. The largest absolute Gasteiger partial charge is 0.316 e. The first kappa shape index (κ1) is 19.3. The zero-order valence-electron chi connectivity index (χ0n) is 18.4. The van der Waals surface area contributed by atoms with Gasteiger partial charge in [-0.3, -0.25) is 4.79 Å². The molecular weight excluding hydrogens is 342 g/mol. The van der Waals surface area contributed by atoms with E-state index in [1.165, 1.54) is 64.5 Å². The molecule has 0 spiro atoms. The highest BCUT2D eigenvalue weighted by molar-refractivity contribution is 5.87. The molecule has 0 amide bonds. The Kier molecular flexibility index (Phi) is 4.81. The van der Waals surface area contributed by atoms with Crippen molar-refractivity contribution in [1.82, 2.24) is 5.32 Å². The predicted molar refractivity (Wildman–Crippen MR) is 115 cm³/mol. The van der Waals surface area contributed by atoms with Gasteiger partial charge in [-0.1, -0.05) is 32.9 Å². The van der Waals surface area contributed by atoms with Crippen molar-refractivity contribution in [3.63, 3.8) is 0 Å². The van der Waals surface area contributed by atoms with Crippen LogP contribution in [0.3, 0.4) is 0 Å². The lowest BCUT2D eigenvalue weighted by atomic mass is 9.43. The number of fused-ring (bicyclic) bond motifs is 5. The van der Waals surface area contributed by atoms with Gasteiger partial charge in [-0.25, -0.2) is 0 Å². The molecule has 1 heterocycles. The van der Waals surface area contributed by atoms with Crippen LogP contribution < -0.4 is 5.32 Å². The standard InChI is InChI=1S/C26H41NO/c1-17-14-20-21-6-7-24(28)26(21,3)12-9-22(20)25(2)11-8-18(15-23(17)25)4-5-19-10-13-27-16-19/h4-5,17-23,27H,6-16H2,1-3H3/b5-4-/t17-,18+,19+,20-,21-,22-,23?,25+,26-/m0/s1. The second kappa shape index (κ2) is 6.96. The minimum Gasteiger partial charge on any atom is -0.316 e. The average molecular weight is 384 g/mol. The maximum Gasteiger partial charge on any atom is 0.139 e. The number of allylic oxidation sites excluding steroid dienone is 1. The second-order valence-corrected chi connectivity index (χ2v) is 11.8. The van der Waals surface area contributed by atoms with Crippen LogP contribution in [0.15, 0.2) is 12.2 Å². The predicted octanol–water partition coefficient (Wildman–Crippen LogP) is 5.63. The molecule has 4 aliphatic carbocycles. The Hall–Kier alpha value is -0.630. The molecule has 156 valence electrons. The van der Waals surface area contributed by atoms with Gasteiger partial charge >= 0.3 is 0 Å². The fourth-order valence-corrected chi connectivity index (χ4v) is 8.87. The highest BCUT2D eigenvalue weighted by atomic mass is 16.1. The van der Waals surface area contributed by atoms with E-state index in [2.05, 4.69) is 38.2 Å². The first-order valence-electron chi connectivity index (χ1n) is 12.3. The number of carbonyl (C=O) groups is 1. The molecule has 0 aromatic heterocycles. The van der Waals surface area contributed by atoms with Crippen molar-refractivity contribution in [2.24, 2.45) is 52.3 Å². The van der Waals surface area contributed by atoms with Crippen LogP contribution in [0.25, 0.3) is 0 Å². The highest BCUT2D eigenvalue weighted by Crippen LogP contribution is 2.67. The number of rotatable bonds is 2. The van der Waals surface area contributed by atoms with E-state index in [1.54, 1.807) is 0 Å². The SMILES string of the molecule is C[C@H]1C[C@@H]2[C@H](CC[C@]3(C)C(=O)CC[C@@H]23)[C@@]2(C)CC[C@@H](/C=C\[C@@H]3CCNC3)CC12. The van der Waals surface area contributed by atoms with Gasteiger partial charge in [0.15, 0.2) is 0 Å². The van der Waals surface area contributed by atoms with Gasteiger partial charge in [0.2, 0.25) is 0 Å². The van der Waals surface area contributed by atoms with Gasteiger partial charge in [0.05, 0.1) is 0 Å². The molecular formula is C26H41NO. The molecule has 2 nitrogen and oxygen atoms in total. The fourth-order valence-electron chi connectivity index (χ4n) is 8.87. The van der Waals surface area contributed by atoms with E-state index in [0.29, 0.717) is 17.1 Å². The maximum absolute atomic E-state index is 12.7. The summed E-state index contributed by atoms with van der Waals surface area (Å²) in [5, 5.41) is 3.50. The Balaban J connectivity index is 1.33. The van der Waals surface area contributed by atoms with E-state index in [4.69, 9.17) is 0 Å². The summed E-state index contributed by atoms with van der Waals surface area (Å²) in [6.07, 6.45) is 16.6. The topological polar surface area (TPSA) is 29.1 Å². The molecule has 0 aromatic carbocycles. The average Bonchev–Trinajstić information content (AvgIpc) is 3.29. The third-order valence-electron chi connectivity index (χ3n) is 10.5. The van der Waals surface area contributed by atoms with Crippen LogP contribution in [0.5, 0.6) is 0 Å². The zero-order valence-corrected chi connectivity index (χ0v) is 18.4. The molecule has 9 atom stereocenters. The molecule has 5 fully saturated rings. The summed E-state index contributed by atoms with van der Waals surface area (Å²) in [5.74, 6) is 6.27. The van der Waals surface area contributed by atoms with Gasteiger partial charge in [0, 0.05) is 18.4 Å². The van der Waals surface area contributed by atoms with Crippen LogP contribution in [-0.4, -0.2) is 18.9 Å². The van der Waals surface area contributed by atoms with E-state index in [1.807, 2.05) is 0 Å². The van der Waals surface area contributed by atoms with Gasteiger partial charge in [-0.15, -0.1) is 0 Å². The molecule has 1 saturated heterocycles. The molecule has 2 heteroatoms. The molecule has 28 heavy (non-hydrogen) atoms. The zero-order chi connectivity index (χ0) is 19.5. The minimum absolute atomic E-state index is 0.0271. The van der Waals surface area contributed by atoms with Crippen LogP contribution in [0.4, 0.5) is 0 Å². The molecule has 5 rings (SSSR count). The quantitative estimate of drug-likeness (QED) is 0.627. The number of Topliss-reactive ketones (excluding diaryl/α,β-unsaturated/α-hetero) is 1. The number of hydrogen-bond donors (Lipinski definition) is 1. The third kappa shape index (κ3) is 2.88. The monoisotopic (exact) mass is 383 g/mol. The lowest BCUT2D eigenvalue weighted by molar-refractivity contribution is -0.146. The summed E-state index contributed by atoms with van der Waals surface area (Å²) in [4.78, 5) is 12.7. The molecule has 0 radical (unpaired) electrons. The highest BCUT2D eigenvalue weighted by Gasteiger charge is 2.61. The molecule has 5 aliphatic rings. The molecule has 0 aromatic rings. The van der Waals surface area contributed by atoms with E-state index in [0.717, 1.165) is 41.9 Å². The van der Waals surface area contributed by atoms with Crippen LogP contribution in [0.1, 0.15) is 78.6 Å². The van der Waals surface area contributed by atoms with Crippen LogP contribution in [0, 0.1) is 52.3 Å². The van der Waals surface area contributed by atoms with Crippen molar-refractivity contribution < 1.29 is 4.79 Å². The minimum atomic E-state index is 0.0271. The number of nitrogens with one attached hydrogen (secondary N) is 1. The Morgan fingerprint density at radius 3 is 2.54 bits per heavy atom. The second-order valence-electron chi connectivity index (χ2n) is 11.8. The number of hydrogen-bond acceptors (Lipinski definition) is 2. The van der Waals surface area contributed by atoms with E-state index < -0.39 is 0 Å². The van der Waals surface area contributed by atoms with Crippen molar-refractivity contribution in [2.45, 2.75) is 78.6 Å². The van der Waals surface area contributed by atoms with Crippen molar-refractivity contribution in [3.8, 4) is 0 Å². The van der Waals surface area contributed by atoms with Gasteiger partial charge in [-0.2, -0.15) is 0 Å². The van der Waals surface area contributed by atoms with E-state index >= 15 is 0 Å². The number of ketones is 1. The summed E-state index contributed by atoms with van der Waals surface area (Å²) < 4.78 is 0. The van der Waals surface area contributed by atoms with Crippen molar-refractivity contribution in [1.29, 1.82) is 0 Å². The van der Waals surface area contributed by atoms with Crippen LogP contribution >= 0.6 is 0 Å². The summed E-state index contributed by atoms with van der Waals surface area (Å²) in [5.41, 5.74) is 0.549. The Labute approximate surface area is 172 Å². The first-order valence-corrected chi connectivity index (χ1v) is 12.3. The Morgan fingerprint density at radius 2 is 1.75 bits per heavy atom. The van der Waals surface area contributed by atoms with Crippen LogP contribution in [-0.2, 0) is 4.79 Å². The van der Waals surface area contributed by atoms with Crippen LogP contribution in [0.2, 0.25) is 0 Å². The summed E-state index contributed by atoms with van der Waals surface area (Å²) in [7, 11) is 0. The lowest BCUT2D eigenvalue weighted by Gasteiger charge is -2.62. The Bertz CT molecular complexity index is 649.